The van der Waals surface area contributed by atoms with Gasteiger partial charge in [0.25, 0.3) is 0 Å². The van der Waals surface area contributed by atoms with Crippen LogP contribution in [0.4, 0.5) is 5.69 Å². The molecule has 2 aromatic rings. The molecule has 0 spiro atoms. The summed E-state index contributed by atoms with van der Waals surface area (Å²) >= 11 is 0. The van der Waals surface area contributed by atoms with Crippen molar-refractivity contribution in [3.05, 3.63) is 59.9 Å². The van der Waals surface area contributed by atoms with Gasteiger partial charge in [-0.15, -0.1) is 0 Å². The molecule has 1 saturated heterocycles. The predicted octanol–water partition coefficient (Wildman–Crippen LogP) is 2.74. The number of likely N-dealkylation sites (tertiary alicyclic amines) is 1. The third kappa shape index (κ3) is 5.89. The van der Waals surface area contributed by atoms with E-state index in [9.17, 15) is 9.59 Å². The second kappa shape index (κ2) is 9.99. The molecule has 3 rings (SSSR count). The van der Waals surface area contributed by atoms with Gasteiger partial charge < -0.3 is 11.1 Å². The lowest BCUT2D eigenvalue weighted by atomic mass is 9.97. The SMILES string of the molecule is NC(=O)C1CCCN(Cc2ccccc2NC(=O)CCCc2ccccn2)C1. The van der Waals surface area contributed by atoms with Gasteiger partial charge in [-0.25, -0.2) is 0 Å². The van der Waals surface area contributed by atoms with E-state index >= 15 is 0 Å². The first-order valence-electron chi connectivity index (χ1n) is 9.91. The highest BCUT2D eigenvalue weighted by molar-refractivity contribution is 5.91. The Balaban J connectivity index is 1.53. The minimum Gasteiger partial charge on any atom is -0.369 e. The van der Waals surface area contributed by atoms with E-state index in [0.717, 1.165) is 49.2 Å². The molecule has 6 heteroatoms. The maximum Gasteiger partial charge on any atom is 0.224 e. The second-order valence-electron chi connectivity index (χ2n) is 7.36. The van der Waals surface area contributed by atoms with Crippen LogP contribution in [0, 0.1) is 5.92 Å². The van der Waals surface area contributed by atoms with Crippen molar-refractivity contribution in [2.24, 2.45) is 11.7 Å². The molecule has 1 aliphatic rings. The quantitative estimate of drug-likeness (QED) is 0.737. The fourth-order valence-electron chi connectivity index (χ4n) is 3.64. The molecule has 2 amide bonds. The van der Waals surface area contributed by atoms with E-state index < -0.39 is 0 Å². The van der Waals surface area contributed by atoms with Gasteiger partial charge in [-0.1, -0.05) is 24.3 Å². The molecule has 3 N–H and O–H groups in total. The molecule has 1 aromatic heterocycles. The number of pyridine rings is 1. The Morgan fingerprint density at radius 1 is 1.18 bits per heavy atom. The number of hydrogen-bond acceptors (Lipinski definition) is 4. The Labute approximate surface area is 166 Å². The highest BCUT2D eigenvalue weighted by Crippen LogP contribution is 2.22. The van der Waals surface area contributed by atoms with Crippen molar-refractivity contribution in [3.63, 3.8) is 0 Å². The van der Waals surface area contributed by atoms with Gasteiger partial charge in [0.15, 0.2) is 0 Å². The summed E-state index contributed by atoms with van der Waals surface area (Å²) in [6.07, 6.45) is 5.61. The first kappa shape index (κ1) is 20.0. The fraction of sp³-hybridized carbons (Fsp3) is 0.409. The van der Waals surface area contributed by atoms with Gasteiger partial charge in [-0.05, 0) is 56.0 Å². The number of anilines is 1. The molecule has 0 saturated carbocycles. The number of para-hydroxylation sites is 1. The van der Waals surface area contributed by atoms with Crippen LogP contribution in [0.5, 0.6) is 0 Å². The third-order valence-corrected chi connectivity index (χ3v) is 5.16. The van der Waals surface area contributed by atoms with Crippen molar-refractivity contribution < 1.29 is 9.59 Å². The van der Waals surface area contributed by atoms with E-state index in [1.807, 2.05) is 42.5 Å². The van der Waals surface area contributed by atoms with Crippen molar-refractivity contribution in [2.45, 2.75) is 38.6 Å². The number of amides is 2. The number of aromatic nitrogens is 1. The highest BCUT2D eigenvalue weighted by atomic mass is 16.2. The lowest BCUT2D eigenvalue weighted by Gasteiger charge is -2.31. The van der Waals surface area contributed by atoms with Gasteiger partial charge >= 0.3 is 0 Å². The minimum atomic E-state index is -0.223. The molecule has 28 heavy (non-hydrogen) atoms. The van der Waals surface area contributed by atoms with Gasteiger partial charge in [0.05, 0.1) is 5.92 Å². The van der Waals surface area contributed by atoms with Crippen LogP contribution in [0.1, 0.15) is 36.9 Å². The highest BCUT2D eigenvalue weighted by Gasteiger charge is 2.24. The first-order valence-corrected chi connectivity index (χ1v) is 9.91. The average molecular weight is 380 g/mol. The molecule has 0 radical (unpaired) electrons. The van der Waals surface area contributed by atoms with Crippen molar-refractivity contribution in [2.75, 3.05) is 18.4 Å². The Morgan fingerprint density at radius 3 is 2.79 bits per heavy atom. The number of carbonyl (C=O) groups is 2. The lowest BCUT2D eigenvalue weighted by molar-refractivity contribution is -0.123. The van der Waals surface area contributed by atoms with E-state index in [1.165, 1.54) is 0 Å². The molecule has 1 fully saturated rings. The molecule has 6 nitrogen and oxygen atoms in total. The predicted molar refractivity (Wildman–Crippen MR) is 109 cm³/mol. The fourth-order valence-corrected chi connectivity index (χ4v) is 3.64. The number of carbonyl (C=O) groups excluding carboxylic acids is 2. The Bertz CT molecular complexity index is 794. The number of hydrogen-bond donors (Lipinski definition) is 2. The summed E-state index contributed by atoms with van der Waals surface area (Å²) in [5.74, 6) is -0.293. The largest absolute Gasteiger partial charge is 0.369 e. The topological polar surface area (TPSA) is 88.3 Å². The minimum absolute atomic E-state index is 0.0111. The van der Waals surface area contributed by atoms with E-state index in [4.69, 9.17) is 5.73 Å². The zero-order valence-electron chi connectivity index (χ0n) is 16.1. The number of primary amides is 1. The first-order chi connectivity index (χ1) is 13.6. The van der Waals surface area contributed by atoms with E-state index in [2.05, 4.69) is 15.2 Å². The van der Waals surface area contributed by atoms with Gasteiger partial charge in [0.1, 0.15) is 0 Å². The summed E-state index contributed by atoms with van der Waals surface area (Å²) in [6, 6.07) is 13.7. The number of piperidine rings is 1. The Hall–Kier alpha value is -2.73. The molecule has 1 atom stereocenters. The smallest absolute Gasteiger partial charge is 0.224 e. The summed E-state index contributed by atoms with van der Waals surface area (Å²) in [5, 5.41) is 3.04. The van der Waals surface area contributed by atoms with Gasteiger partial charge in [0.2, 0.25) is 11.8 Å². The van der Waals surface area contributed by atoms with Crippen LogP contribution in [0.15, 0.2) is 48.7 Å². The maximum atomic E-state index is 12.4. The summed E-state index contributed by atoms with van der Waals surface area (Å²) in [4.78, 5) is 30.4. The van der Waals surface area contributed by atoms with Crippen LogP contribution in [-0.2, 0) is 22.6 Å². The van der Waals surface area contributed by atoms with Gasteiger partial charge in [-0.2, -0.15) is 0 Å². The molecule has 1 aliphatic heterocycles. The standard InChI is InChI=1S/C22H28N4O2/c23-22(28)18-8-6-14-26(16-18)15-17-7-1-2-11-20(17)25-21(27)12-5-10-19-9-3-4-13-24-19/h1-4,7,9,11,13,18H,5-6,8,10,12,14-16H2,(H2,23,28)(H,25,27). The van der Waals surface area contributed by atoms with Gasteiger partial charge in [-0.3, -0.25) is 19.5 Å². The van der Waals surface area contributed by atoms with Crippen molar-refractivity contribution in [1.82, 2.24) is 9.88 Å². The van der Waals surface area contributed by atoms with Gasteiger partial charge in [0, 0.05) is 37.1 Å². The van der Waals surface area contributed by atoms with Crippen molar-refractivity contribution in [3.8, 4) is 0 Å². The van der Waals surface area contributed by atoms with Crippen LogP contribution < -0.4 is 11.1 Å². The Morgan fingerprint density at radius 2 is 2.00 bits per heavy atom. The monoisotopic (exact) mass is 380 g/mol. The van der Waals surface area contributed by atoms with Crippen LogP contribution in [0.2, 0.25) is 0 Å². The molecular formula is C22H28N4O2. The van der Waals surface area contributed by atoms with Crippen LogP contribution in [0.3, 0.4) is 0 Å². The molecule has 148 valence electrons. The van der Waals surface area contributed by atoms with E-state index in [1.54, 1.807) is 6.20 Å². The third-order valence-electron chi connectivity index (χ3n) is 5.16. The van der Waals surface area contributed by atoms with Crippen LogP contribution in [-0.4, -0.2) is 34.8 Å². The van der Waals surface area contributed by atoms with E-state index in [0.29, 0.717) is 19.5 Å². The number of nitrogens with one attached hydrogen (secondary N) is 1. The molecule has 1 aromatic carbocycles. The number of aryl methyl sites for hydroxylation is 1. The average Bonchev–Trinajstić information content (AvgIpc) is 2.70. The molecule has 0 bridgehead atoms. The van der Waals surface area contributed by atoms with Crippen LogP contribution >= 0.6 is 0 Å². The van der Waals surface area contributed by atoms with Crippen LogP contribution in [0.25, 0.3) is 0 Å². The lowest BCUT2D eigenvalue weighted by Crippen LogP contribution is -2.40. The molecular weight excluding hydrogens is 352 g/mol. The van der Waals surface area contributed by atoms with Crippen molar-refractivity contribution in [1.29, 1.82) is 0 Å². The molecule has 1 unspecified atom stereocenters. The number of nitrogens with zero attached hydrogens (tertiary/aromatic N) is 2. The molecule has 2 heterocycles. The summed E-state index contributed by atoms with van der Waals surface area (Å²) < 4.78 is 0. The summed E-state index contributed by atoms with van der Waals surface area (Å²) in [6.45, 7) is 2.33. The van der Waals surface area contributed by atoms with Crippen molar-refractivity contribution >= 4 is 17.5 Å². The zero-order valence-corrected chi connectivity index (χ0v) is 16.1. The number of nitrogens with two attached hydrogens (primary N) is 1. The Kier molecular flexibility index (Phi) is 7.14. The summed E-state index contributed by atoms with van der Waals surface area (Å²) in [7, 11) is 0. The number of benzene rings is 1. The second-order valence-corrected chi connectivity index (χ2v) is 7.36. The number of rotatable bonds is 8. The maximum absolute atomic E-state index is 12.4. The normalized spacial score (nSPS) is 17.2. The van der Waals surface area contributed by atoms with E-state index in [-0.39, 0.29) is 17.7 Å². The molecule has 0 aliphatic carbocycles. The summed E-state index contributed by atoms with van der Waals surface area (Å²) in [5.41, 5.74) is 8.38. The zero-order chi connectivity index (χ0) is 19.8.